The van der Waals surface area contributed by atoms with Gasteiger partial charge in [0.15, 0.2) is 0 Å². The number of nitro groups is 1. The van der Waals surface area contributed by atoms with Gasteiger partial charge < -0.3 is 4.74 Å². The monoisotopic (exact) mass is 532 g/mol. The van der Waals surface area contributed by atoms with Crippen molar-refractivity contribution in [3.05, 3.63) is 86.6 Å². The Morgan fingerprint density at radius 3 is 2.32 bits per heavy atom. The molecule has 0 N–H and O–H groups in total. The van der Waals surface area contributed by atoms with E-state index in [1.807, 2.05) is 38.1 Å². The summed E-state index contributed by atoms with van der Waals surface area (Å²) in [4.78, 5) is 15.5. The third kappa shape index (κ3) is 6.42. The maximum atomic E-state index is 13.0. The quantitative estimate of drug-likeness (QED) is 0.225. The van der Waals surface area contributed by atoms with Crippen LogP contribution in [0.3, 0.4) is 0 Å². The first-order chi connectivity index (χ1) is 17.5. The Kier molecular flexibility index (Phi) is 8.07. The summed E-state index contributed by atoms with van der Waals surface area (Å²) in [6.07, 6.45) is -2.68. The topological polar surface area (TPSA) is 65.3 Å². The van der Waals surface area contributed by atoms with Crippen molar-refractivity contribution in [2.45, 2.75) is 64.1 Å². The highest BCUT2D eigenvalue weighted by Crippen LogP contribution is 2.43. The van der Waals surface area contributed by atoms with Gasteiger partial charge in [-0.3, -0.25) is 10.1 Å². The molecular formula is C28H28ClF3N2O3. The summed E-state index contributed by atoms with van der Waals surface area (Å²) in [5.41, 5.74) is 3.46. The van der Waals surface area contributed by atoms with E-state index in [9.17, 15) is 23.3 Å². The average Bonchev–Trinajstić information content (AvgIpc) is 2.87. The first-order valence-corrected chi connectivity index (χ1v) is 12.6. The minimum Gasteiger partial charge on any atom is -0.488 e. The van der Waals surface area contributed by atoms with Crippen LogP contribution in [0.4, 0.5) is 18.9 Å². The van der Waals surface area contributed by atoms with Gasteiger partial charge in [0.05, 0.1) is 16.5 Å². The fourth-order valence-electron chi connectivity index (χ4n) is 4.83. The first kappa shape index (κ1) is 26.9. The van der Waals surface area contributed by atoms with Gasteiger partial charge in [0.25, 0.3) is 5.69 Å². The highest BCUT2D eigenvalue weighted by molar-refractivity contribution is 6.31. The minimum atomic E-state index is -4.10. The summed E-state index contributed by atoms with van der Waals surface area (Å²) < 4.78 is 45.0. The Bertz CT molecular complexity index is 1250. The molecule has 1 aliphatic carbocycles. The van der Waals surface area contributed by atoms with Crippen LogP contribution in [-0.4, -0.2) is 16.1 Å². The molecule has 1 saturated carbocycles. The van der Waals surface area contributed by atoms with Gasteiger partial charge in [-0.1, -0.05) is 49.7 Å². The molecule has 1 fully saturated rings. The molecule has 37 heavy (non-hydrogen) atoms. The smallest absolute Gasteiger partial charge is 0.391 e. The molecule has 2 aromatic carbocycles. The van der Waals surface area contributed by atoms with Crippen molar-refractivity contribution < 1.29 is 22.8 Å². The predicted molar refractivity (Wildman–Crippen MR) is 137 cm³/mol. The van der Waals surface area contributed by atoms with Gasteiger partial charge in [0, 0.05) is 22.6 Å². The van der Waals surface area contributed by atoms with E-state index in [1.165, 1.54) is 6.07 Å². The predicted octanol–water partition coefficient (Wildman–Crippen LogP) is 8.85. The normalized spacial score (nSPS) is 18.1. The van der Waals surface area contributed by atoms with Crippen molar-refractivity contribution in [2.24, 2.45) is 5.92 Å². The second kappa shape index (κ2) is 11.1. The fourth-order valence-corrected chi connectivity index (χ4v) is 5.00. The van der Waals surface area contributed by atoms with Crippen molar-refractivity contribution in [1.82, 2.24) is 4.98 Å². The van der Waals surface area contributed by atoms with E-state index in [4.69, 9.17) is 16.3 Å². The summed E-state index contributed by atoms with van der Waals surface area (Å²) in [7, 11) is 0. The zero-order chi connectivity index (χ0) is 26.7. The maximum absolute atomic E-state index is 13.0. The molecule has 3 aromatic rings. The fraction of sp³-hybridized carbons (Fsp3) is 0.393. The highest BCUT2D eigenvalue weighted by atomic mass is 35.5. The number of nitrogens with zero attached hydrogens (tertiary/aromatic N) is 2. The summed E-state index contributed by atoms with van der Waals surface area (Å²) in [6.45, 7) is 3.96. The number of pyridine rings is 1. The molecule has 5 nitrogen and oxygen atoms in total. The average molecular weight is 533 g/mol. The molecule has 1 aliphatic rings. The number of aromatic nitrogens is 1. The van der Waals surface area contributed by atoms with E-state index in [1.54, 1.807) is 24.3 Å². The number of hydrogen-bond donors (Lipinski definition) is 0. The Balaban J connectivity index is 1.48. The van der Waals surface area contributed by atoms with Crippen molar-refractivity contribution >= 4 is 17.3 Å². The van der Waals surface area contributed by atoms with E-state index in [0.29, 0.717) is 40.6 Å². The van der Waals surface area contributed by atoms with Gasteiger partial charge >= 0.3 is 6.18 Å². The van der Waals surface area contributed by atoms with Gasteiger partial charge in [0.2, 0.25) is 0 Å². The Labute approximate surface area is 218 Å². The molecule has 0 amide bonds. The van der Waals surface area contributed by atoms with Gasteiger partial charge in [-0.2, -0.15) is 13.2 Å². The SMILES string of the molecule is CC(C)c1nc(-c2cc(Cl)ccc2OCc2ccc(C3CCC(C(F)(F)F)CC3)cc2)ccc1[N+](=O)[O-]. The third-order valence-corrected chi connectivity index (χ3v) is 7.13. The van der Waals surface area contributed by atoms with Crippen LogP contribution in [0.2, 0.25) is 5.02 Å². The summed E-state index contributed by atoms with van der Waals surface area (Å²) in [5.74, 6) is -0.660. The van der Waals surface area contributed by atoms with E-state index < -0.39 is 17.0 Å². The van der Waals surface area contributed by atoms with Crippen LogP contribution < -0.4 is 4.74 Å². The van der Waals surface area contributed by atoms with E-state index in [-0.39, 0.29) is 37.0 Å². The van der Waals surface area contributed by atoms with Crippen molar-refractivity contribution in [3.63, 3.8) is 0 Å². The molecule has 196 valence electrons. The van der Waals surface area contributed by atoms with Crippen LogP contribution in [0.5, 0.6) is 5.75 Å². The van der Waals surface area contributed by atoms with Crippen LogP contribution >= 0.6 is 11.6 Å². The molecule has 0 bridgehead atoms. The summed E-state index contributed by atoms with van der Waals surface area (Å²) >= 11 is 6.24. The lowest BCUT2D eigenvalue weighted by Gasteiger charge is -2.30. The zero-order valence-corrected chi connectivity index (χ0v) is 21.4. The zero-order valence-electron chi connectivity index (χ0n) is 20.6. The molecule has 0 spiro atoms. The third-order valence-electron chi connectivity index (χ3n) is 6.90. The van der Waals surface area contributed by atoms with Crippen LogP contribution in [0.25, 0.3) is 11.3 Å². The molecule has 9 heteroatoms. The molecule has 0 atom stereocenters. The maximum Gasteiger partial charge on any atom is 0.391 e. The first-order valence-electron chi connectivity index (χ1n) is 12.3. The van der Waals surface area contributed by atoms with Crippen LogP contribution in [0, 0.1) is 16.0 Å². The lowest BCUT2D eigenvalue weighted by atomic mass is 9.78. The Morgan fingerprint density at radius 2 is 1.73 bits per heavy atom. The van der Waals surface area contributed by atoms with Crippen molar-refractivity contribution in [1.29, 1.82) is 0 Å². The number of hydrogen-bond acceptors (Lipinski definition) is 4. The molecule has 0 saturated heterocycles. The summed E-state index contributed by atoms with van der Waals surface area (Å²) in [5, 5.41) is 11.9. The minimum absolute atomic E-state index is 0.0322. The van der Waals surface area contributed by atoms with E-state index in [0.717, 1.165) is 11.1 Å². The molecule has 4 rings (SSSR count). The molecule has 0 aliphatic heterocycles. The van der Waals surface area contributed by atoms with E-state index in [2.05, 4.69) is 4.98 Å². The van der Waals surface area contributed by atoms with Crippen LogP contribution in [-0.2, 0) is 6.61 Å². The van der Waals surface area contributed by atoms with Crippen molar-refractivity contribution in [3.8, 4) is 17.0 Å². The second-order valence-electron chi connectivity index (χ2n) is 9.77. The van der Waals surface area contributed by atoms with E-state index >= 15 is 0 Å². The number of ether oxygens (including phenoxy) is 1. The largest absolute Gasteiger partial charge is 0.488 e. The van der Waals surface area contributed by atoms with Gasteiger partial charge in [-0.15, -0.1) is 0 Å². The second-order valence-corrected chi connectivity index (χ2v) is 10.2. The highest BCUT2D eigenvalue weighted by Gasteiger charge is 2.41. The lowest BCUT2D eigenvalue weighted by molar-refractivity contribution is -0.386. The standard InChI is InChI=1S/C28H28ClF3N2O3/c1-17(2)27-25(34(35)36)13-12-24(33-27)23-15-22(29)11-14-26(23)37-16-18-3-5-19(6-4-18)20-7-9-21(10-8-20)28(30,31)32/h3-6,11-15,17,20-21H,7-10,16H2,1-2H3. The molecule has 0 radical (unpaired) electrons. The molecule has 0 unspecified atom stereocenters. The van der Waals surface area contributed by atoms with Gasteiger partial charge in [-0.05, 0) is 67.0 Å². The Morgan fingerprint density at radius 1 is 1.05 bits per heavy atom. The number of halogens is 4. The molecular weight excluding hydrogens is 505 g/mol. The number of benzene rings is 2. The number of alkyl halides is 3. The van der Waals surface area contributed by atoms with Crippen LogP contribution in [0.15, 0.2) is 54.6 Å². The number of rotatable bonds is 7. The Hall–Kier alpha value is -3.13. The summed E-state index contributed by atoms with van der Waals surface area (Å²) in [6, 6.07) is 16.0. The van der Waals surface area contributed by atoms with Gasteiger partial charge in [0.1, 0.15) is 18.1 Å². The molecule has 1 aromatic heterocycles. The van der Waals surface area contributed by atoms with Gasteiger partial charge in [-0.25, -0.2) is 4.98 Å². The lowest BCUT2D eigenvalue weighted by Crippen LogP contribution is -2.27. The van der Waals surface area contributed by atoms with Crippen LogP contribution in [0.1, 0.15) is 68.2 Å². The van der Waals surface area contributed by atoms with Crippen molar-refractivity contribution in [2.75, 3.05) is 0 Å². The molecule has 1 heterocycles.